The zero-order chi connectivity index (χ0) is 13.6. The van der Waals surface area contributed by atoms with E-state index in [1.54, 1.807) is 0 Å². The molecule has 110 valence electrons. The van der Waals surface area contributed by atoms with Gasteiger partial charge in [0.1, 0.15) is 0 Å². The highest BCUT2D eigenvalue weighted by Crippen LogP contribution is 2.04. The Kier molecular flexibility index (Phi) is 16.5. The quantitative estimate of drug-likeness (QED) is 0.274. The van der Waals surface area contributed by atoms with E-state index in [1.807, 2.05) is 6.08 Å². The largest absolute Gasteiger partial charge is 0.481 e. The lowest BCUT2D eigenvalue weighted by Crippen LogP contribution is -2.00. The standard InChI is InChI=1S/C14H24O4.Al.3H/c1-2-3-4-5-6-9-12-18-14(17)11-8-7-10-13(15)16;;;;/h9,12H,2-8,10-11H2,1H3,(H,15,16);;;;. The van der Waals surface area contributed by atoms with E-state index in [1.165, 1.54) is 25.5 Å². The molecule has 0 amide bonds. The van der Waals surface area contributed by atoms with Crippen LogP contribution in [0.3, 0.4) is 0 Å². The van der Waals surface area contributed by atoms with E-state index in [9.17, 15) is 9.59 Å². The van der Waals surface area contributed by atoms with Gasteiger partial charge in [0, 0.05) is 12.8 Å². The molecule has 4 nitrogen and oxygen atoms in total. The van der Waals surface area contributed by atoms with Gasteiger partial charge in [-0.1, -0.05) is 26.2 Å². The number of carbonyl (C=O) groups is 2. The molecule has 0 bridgehead atoms. The van der Waals surface area contributed by atoms with Crippen LogP contribution >= 0.6 is 0 Å². The smallest absolute Gasteiger partial charge is 0.310 e. The lowest BCUT2D eigenvalue weighted by atomic mass is 10.1. The molecule has 0 aromatic carbocycles. The number of allylic oxidation sites excluding steroid dienone is 1. The zero-order valence-electron chi connectivity index (χ0n) is 11.2. The molecule has 1 N–H and O–H groups in total. The molecule has 0 aliphatic heterocycles. The van der Waals surface area contributed by atoms with Crippen molar-refractivity contribution in [3.05, 3.63) is 12.3 Å². The molecule has 0 heterocycles. The lowest BCUT2D eigenvalue weighted by Gasteiger charge is -1.99. The number of hydrogen-bond donors (Lipinski definition) is 1. The van der Waals surface area contributed by atoms with Crippen LogP contribution in [0.4, 0.5) is 0 Å². The van der Waals surface area contributed by atoms with Crippen molar-refractivity contribution in [2.45, 2.75) is 64.7 Å². The van der Waals surface area contributed by atoms with Crippen molar-refractivity contribution in [2.75, 3.05) is 0 Å². The summed E-state index contributed by atoms with van der Waals surface area (Å²) in [6, 6.07) is 0. The van der Waals surface area contributed by atoms with Crippen molar-refractivity contribution in [3.8, 4) is 0 Å². The maximum atomic E-state index is 11.2. The molecule has 0 aromatic heterocycles. The highest BCUT2D eigenvalue weighted by molar-refractivity contribution is 5.75. The predicted octanol–water partition coefficient (Wildman–Crippen LogP) is 2.47. The third-order valence-corrected chi connectivity index (χ3v) is 2.54. The van der Waals surface area contributed by atoms with Crippen LogP contribution in [-0.4, -0.2) is 34.4 Å². The highest BCUT2D eigenvalue weighted by Gasteiger charge is 2.02. The van der Waals surface area contributed by atoms with Crippen LogP contribution in [0.5, 0.6) is 0 Å². The van der Waals surface area contributed by atoms with E-state index in [2.05, 4.69) is 6.92 Å². The number of rotatable bonds is 11. The van der Waals surface area contributed by atoms with E-state index in [4.69, 9.17) is 9.84 Å². The molecule has 5 heteroatoms. The Morgan fingerprint density at radius 3 is 2.37 bits per heavy atom. The van der Waals surface area contributed by atoms with Gasteiger partial charge >= 0.3 is 11.9 Å². The maximum absolute atomic E-state index is 11.2. The van der Waals surface area contributed by atoms with Crippen molar-refractivity contribution in [2.24, 2.45) is 0 Å². The average Bonchev–Trinajstić information content (AvgIpc) is 2.33. The summed E-state index contributed by atoms with van der Waals surface area (Å²) in [5.74, 6) is -1.11. The van der Waals surface area contributed by atoms with Crippen LogP contribution in [0.25, 0.3) is 0 Å². The number of esters is 1. The summed E-state index contributed by atoms with van der Waals surface area (Å²) in [7, 11) is 0. The van der Waals surface area contributed by atoms with Gasteiger partial charge in [-0.15, -0.1) is 0 Å². The van der Waals surface area contributed by atoms with Crippen LogP contribution in [0.15, 0.2) is 12.3 Å². The Balaban J connectivity index is 0. The summed E-state index contributed by atoms with van der Waals surface area (Å²) >= 11 is 0. The predicted molar refractivity (Wildman–Crippen MR) is 80.0 cm³/mol. The Morgan fingerprint density at radius 1 is 1.05 bits per heavy atom. The molecule has 0 unspecified atom stereocenters. The van der Waals surface area contributed by atoms with Gasteiger partial charge in [0.25, 0.3) is 0 Å². The number of aliphatic carboxylic acids is 1. The number of carboxylic acids is 1. The Labute approximate surface area is 126 Å². The molecule has 0 saturated heterocycles. The van der Waals surface area contributed by atoms with Gasteiger partial charge < -0.3 is 9.84 Å². The Hall–Kier alpha value is -0.788. The van der Waals surface area contributed by atoms with Crippen molar-refractivity contribution in [3.63, 3.8) is 0 Å². The van der Waals surface area contributed by atoms with Gasteiger partial charge in [0.05, 0.1) is 6.26 Å². The summed E-state index contributed by atoms with van der Waals surface area (Å²) < 4.78 is 4.89. The van der Waals surface area contributed by atoms with Crippen molar-refractivity contribution >= 4 is 29.3 Å². The Morgan fingerprint density at radius 2 is 1.74 bits per heavy atom. The molecule has 19 heavy (non-hydrogen) atoms. The lowest BCUT2D eigenvalue weighted by molar-refractivity contribution is -0.139. The van der Waals surface area contributed by atoms with Crippen LogP contribution < -0.4 is 0 Å². The van der Waals surface area contributed by atoms with E-state index >= 15 is 0 Å². The van der Waals surface area contributed by atoms with Crippen LogP contribution in [0.2, 0.25) is 0 Å². The topological polar surface area (TPSA) is 63.6 Å². The first-order valence-corrected chi connectivity index (χ1v) is 6.73. The maximum Gasteiger partial charge on any atom is 0.310 e. The summed E-state index contributed by atoms with van der Waals surface area (Å²) in [6.07, 6.45) is 10.5. The molecule has 0 rings (SSSR count). The molecule has 0 fully saturated rings. The van der Waals surface area contributed by atoms with Crippen LogP contribution in [0, 0.1) is 0 Å². The summed E-state index contributed by atoms with van der Waals surface area (Å²) in [4.78, 5) is 21.4. The monoisotopic (exact) mass is 286 g/mol. The zero-order valence-corrected chi connectivity index (χ0v) is 11.2. The van der Waals surface area contributed by atoms with E-state index < -0.39 is 5.97 Å². The molecule has 0 saturated carbocycles. The van der Waals surface area contributed by atoms with Crippen molar-refractivity contribution < 1.29 is 19.4 Å². The number of carbonyl (C=O) groups excluding carboxylic acids is 1. The van der Waals surface area contributed by atoms with Gasteiger partial charge in [0.15, 0.2) is 17.4 Å². The van der Waals surface area contributed by atoms with Gasteiger partial charge in [-0.2, -0.15) is 0 Å². The number of carboxylic acid groups (broad SMARTS) is 1. The summed E-state index contributed by atoms with van der Waals surface area (Å²) in [6.45, 7) is 2.17. The number of hydrogen-bond acceptors (Lipinski definition) is 3. The normalized spacial score (nSPS) is 10.2. The van der Waals surface area contributed by atoms with E-state index in [0.717, 1.165) is 12.8 Å². The SMILES string of the molecule is CCCCCCC=COC(=O)CCCCC(=O)O.[AlH3]. The van der Waals surface area contributed by atoms with Crippen LogP contribution in [-0.2, 0) is 14.3 Å². The second kappa shape index (κ2) is 15.3. The Bertz CT molecular complexity index is 264. The molecule has 0 atom stereocenters. The molecule has 0 aromatic rings. The average molecular weight is 286 g/mol. The van der Waals surface area contributed by atoms with Crippen LogP contribution in [0.1, 0.15) is 64.7 Å². The fraction of sp³-hybridized carbons (Fsp3) is 0.714. The summed E-state index contributed by atoms with van der Waals surface area (Å²) in [5, 5.41) is 8.41. The third-order valence-electron chi connectivity index (χ3n) is 2.54. The first-order valence-electron chi connectivity index (χ1n) is 6.73. The van der Waals surface area contributed by atoms with Gasteiger partial charge in [-0.25, -0.2) is 0 Å². The van der Waals surface area contributed by atoms with Gasteiger partial charge in [-0.05, 0) is 31.8 Å². The minimum absolute atomic E-state index is 0. The van der Waals surface area contributed by atoms with E-state index in [0.29, 0.717) is 12.8 Å². The number of unbranched alkanes of at least 4 members (excludes halogenated alkanes) is 5. The third kappa shape index (κ3) is 17.2. The van der Waals surface area contributed by atoms with Gasteiger partial charge in [0.2, 0.25) is 0 Å². The number of ether oxygens (including phenoxy) is 1. The van der Waals surface area contributed by atoms with Crippen molar-refractivity contribution in [1.29, 1.82) is 0 Å². The van der Waals surface area contributed by atoms with E-state index in [-0.39, 0.29) is 36.2 Å². The molecule has 0 aliphatic rings. The minimum atomic E-state index is -0.824. The molecular formula is C14H27AlO4. The second-order valence-corrected chi connectivity index (χ2v) is 4.31. The second-order valence-electron chi connectivity index (χ2n) is 4.31. The molecular weight excluding hydrogens is 259 g/mol. The summed E-state index contributed by atoms with van der Waals surface area (Å²) in [5.41, 5.74) is 0. The fourth-order valence-corrected chi connectivity index (χ4v) is 1.49. The highest BCUT2D eigenvalue weighted by atomic mass is 27.0. The molecule has 0 spiro atoms. The van der Waals surface area contributed by atoms with Crippen molar-refractivity contribution in [1.82, 2.24) is 0 Å². The van der Waals surface area contributed by atoms with Gasteiger partial charge in [-0.3, -0.25) is 9.59 Å². The minimum Gasteiger partial charge on any atom is -0.481 e. The molecule has 0 aliphatic carbocycles. The first-order chi connectivity index (χ1) is 8.66. The molecule has 0 radical (unpaired) electrons. The fourth-order valence-electron chi connectivity index (χ4n) is 1.49. The first kappa shape index (κ1) is 20.5.